The van der Waals surface area contributed by atoms with Gasteiger partial charge in [0.1, 0.15) is 6.04 Å². The molecule has 2 atom stereocenters. The molecular formula is C14H23N2O+. The minimum absolute atomic E-state index is 0.182. The number of quaternary nitrogens is 1. The zero-order valence-electron chi connectivity index (χ0n) is 10.9. The van der Waals surface area contributed by atoms with Crippen molar-refractivity contribution in [2.45, 2.75) is 39.3 Å². The lowest BCUT2D eigenvalue weighted by Crippen LogP contribution is -2.92. The van der Waals surface area contributed by atoms with Crippen LogP contribution in [0.5, 0.6) is 0 Å². The molecule has 1 rings (SSSR count). The molecule has 0 aliphatic heterocycles. The quantitative estimate of drug-likeness (QED) is 0.765. The minimum atomic E-state index is -0.255. The molecule has 0 heterocycles. The topological polar surface area (TPSA) is 59.7 Å². The Bertz CT molecular complexity index is 348. The highest BCUT2D eigenvalue weighted by molar-refractivity contribution is 5.77. The Morgan fingerprint density at radius 3 is 2.29 bits per heavy atom. The van der Waals surface area contributed by atoms with Gasteiger partial charge in [0.25, 0.3) is 5.91 Å². The summed E-state index contributed by atoms with van der Waals surface area (Å²) in [5.41, 5.74) is 6.58. The number of amides is 1. The third-order valence-electron chi connectivity index (χ3n) is 2.92. The van der Waals surface area contributed by atoms with Gasteiger partial charge in [-0.2, -0.15) is 0 Å². The smallest absolute Gasteiger partial charge is 0.275 e. The van der Waals surface area contributed by atoms with Crippen molar-refractivity contribution in [2.75, 3.05) is 0 Å². The number of benzene rings is 1. The zero-order chi connectivity index (χ0) is 12.8. The number of hydrogen-bond donors (Lipinski definition) is 2. The number of carbonyl (C=O) groups is 1. The zero-order valence-corrected chi connectivity index (χ0v) is 10.9. The molecule has 0 aromatic heterocycles. The summed E-state index contributed by atoms with van der Waals surface area (Å²) in [5, 5.41) is 2.07. The fourth-order valence-corrected chi connectivity index (χ4v) is 1.98. The van der Waals surface area contributed by atoms with Crippen LogP contribution in [0.2, 0.25) is 0 Å². The van der Waals surface area contributed by atoms with E-state index in [1.54, 1.807) is 0 Å². The summed E-state index contributed by atoms with van der Waals surface area (Å²) in [6.07, 6.45) is 1.04. The van der Waals surface area contributed by atoms with Crippen LogP contribution in [-0.4, -0.2) is 11.9 Å². The van der Waals surface area contributed by atoms with Gasteiger partial charge in [-0.1, -0.05) is 44.2 Å². The molecule has 0 saturated heterocycles. The molecule has 17 heavy (non-hydrogen) atoms. The molecule has 0 fully saturated rings. The second kappa shape index (κ2) is 6.40. The van der Waals surface area contributed by atoms with Crippen LogP contribution in [-0.2, 0) is 4.79 Å². The number of hydrogen-bond acceptors (Lipinski definition) is 1. The molecule has 0 aliphatic rings. The third kappa shape index (κ3) is 4.57. The molecule has 4 N–H and O–H groups in total. The largest absolute Gasteiger partial charge is 0.365 e. The highest BCUT2D eigenvalue weighted by atomic mass is 16.1. The molecule has 3 heteroatoms. The summed E-state index contributed by atoms with van der Waals surface area (Å²) in [7, 11) is 0. The Morgan fingerprint density at radius 2 is 1.82 bits per heavy atom. The Morgan fingerprint density at radius 1 is 1.24 bits per heavy atom. The first kappa shape index (κ1) is 13.7. The summed E-state index contributed by atoms with van der Waals surface area (Å²) >= 11 is 0. The Hall–Kier alpha value is -1.35. The molecule has 0 bridgehead atoms. The summed E-state index contributed by atoms with van der Waals surface area (Å²) in [5.74, 6) is 0.339. The van der Waals surface area contributed by atoms with Crippen LogP contribution < -0.4 is 11.1 Å². The number of rotatable bonds is 6. The van der Waals surface area contributed by atoms with Crippen LogP contribution in [0.15, 0.2) is 30.3 Å². The third-order valence-corrected chi connectivity index (χ3v) is 2.92. The van der Waals surface area contributed by atoms with Gasteiger partial charge in [0.2, 0.25) is 0 Å². The van der Waals surface area contributed by atoms with Crippen molar-refractivity contribution in [3.8, 4) is 0 Å². The van der Waals surface area contributed by atoms with E-state index >= 15 is 0 Å². The molecule has 1 aromatic carbocycles. The maximum Gasteiger partial charge on any atom is 0.275 e. The van der Waals surface area contributed by atoms with Gasteiger partial charge in [-0.25, -0.2) is 0 Å². The van der Waals surface area contributed by atoms with Gasteiger partial charge in [-0.15, -0.1) is 0 Å². The van der Waals surface area contributed by atoms with Crippen LogP contribution in [0.1, 0.15) is 38.8 Å². The van der Waals surface area contributed by atoms with Crippen molar-refractivity contribution in [3.63, 3.8) is 0 Å². The summed E-state index contributed by atoms with van der Waals surface area (Å²) < 4.78 is 0. The minimum Gasteiger partial charge on any atom is -0.365 e. The first-order valence-electron chi connectivity index (χ1n) is 6.20. The summed E-state index contributed by atoms with van der Waals surface area (Å²) in [6, 6.07) is 10.4. The summed E-state index contributed by atoms with van der Waals surface area (Å²) in [6.45, 7) is 6.25. The number of nitrogens with two attached hydrogens (primary N) is 2. The predicted molar refractivity (Wildman–Crippen MR) is 69.2 cm³/mol. The first-order valence-corrected chi connectivity index (χ1v) is 6.20. The van der Waals surface area contributed by atoms with Crippen molar-refractivity contribution >= 4 is 5.91 Å². The van der Waals surface area contributed by atoms with E-state index in [1.807, 2.05) is 25.1 Å². The molecule has 0 radical (unpaired) electrons. The fraction of sp³-hybridized carbons (Fsp3) is 0.500. The lowest BCUT2D eigenvalue weighted by atomic mass is 9.96. The van der Waals surface area contributed by atoms with Crippen molar-refractivity contribution < 1.29 is 10.1 Å². The van der Waals surface area contributed by atoms with Crippen molar-refractivity contribution in [2.24, 2.45) is 11.7 Å². The second-order valence-corrected chi connectivity index (χ2v) is 5.03. The molecule has 0 aliphatic carbocycles. The molecule has 0 spiro atoms. The van der Waals surface area contributed by atoms with Crippen LogP contribution in [0.3, 0.4) is 0 Å². The van der Waals surface area contributed by atoms with E-state index in [0.717, 1.165) is 6.42 Å². The van der Waals surface area contributed by atoms with Crippen LogP contribution in [0.4, 0.5) is 0 Å². The van der Waals surface area contributed by atoms with Crippen molar-refractivity contribution in [1.29, 1.82) is 0 Å². The standard InChI is InChI=1S/C14H22N2O/c1-10(2)9-13(16-11(3)14(15)17)12-7-5-4-6-8-12/h4-8,10-11,13,16H,9H2,1-3H3,(H2,15,17)/p+1/t11-,13+/m1/s1. The van der Waals surface area contributed by atoms with Gasteiger partial charge in [0.05, 0.1) is 0 Å². The van der Waals surface area contributed by atoms with Gasteiger partial charge in [0, 0.05) is 12.0 Å². The van der Waals surface area contributed by atoms with Gasteiger partial charge < -0.3 is 11.1 Å². The Kier molecular flexibility index (Phi) is 5.16. The maximum absolute atomic E-state index is 11.1. The van der Waals surface area contributed by atoms with Gasteiger partial charge >= 0.3 is 0 Å². The highest BCUT2D eigenvalue weighted by Crippen LogP contribution is 2.17. The number of carbonyl (C=O) groups excluding carboxylic acids is 1. The molecular weight excluding hydrogens is 212 g/mol. The van der Waals surface area contributed by atoms with Crippen LogP contribution in [0, 0.1) is 5.92 Å². The van der Waals surface area contributed by atoms with E-state index in [0.29, 0.717) is 12.0 Å². The van der Waals surface area contributed by atoms with Crippen molar-refractivity contribution in [1.82, 2.24) is 0 Å². The van der Waals surface area contributed by atoms with E-state index in [2.05, 4.69) is 31.3 Å². The number of primary amides is 1. The van der Waals surface area contributed by atoms with Gasteiger partial charge in [-0.05, 0) is 12.8 Å². The average Bonchev–Trinajstić information content (AvgIpc) is 2.28. The van der Waals surface area contributed by atoms with Crippen LogP contribution >= 0.6 is 0 Å². The lowest BCUT2D eigenvalue weighted by Gasteiger charge is -2.20. The lowest BCUT2D eigenvalue weighted by molar-refractivity contribution is -0.714. The first-order chi connectivity index (χ1) is 8.00. The Labute approximate surface area is 103 Å². The van der Waals surface area contributed by atoms with E-state index in [-0.39, 0.29) is 11.9 Å². The predicted octanol–water partition coefficient (Wildman–Crippen LogP) is 1.21. The highest BCUT2D eigenvalue weighted by Gasteiger charge is 2.22. The Balaban J connectivity index is 2.77. The van der Waals surface area contributed by atoms with Crippen LogP contribution in [0.25, 0.3) is 0 Å². The van der Waals surface area contributed by atoms with E-state index in [4.69, 9.17) is 5.73 Å². The van der Waals surface area contributed by atoms with Gasteiger partial charge in [0.15, 0.2) is 6.04 Å². The normalized spacial score (nSPS) is 14.6. The molecule has 1 amide bonds. The SMILES string of the molecule is CC(C)C[C@H]([NH2+][C@H](C)C(N)=O)c1ccccc1. The molecule has 3 nitrogen and oxygen atoms in total. The fourth-order valence-electron chi connectivity index (χ4n) is 1.98. The maximum atomic E-state index is 11.1. The van der Waals surface area contributed by atoms with Gasteiger partial charge in [-0.3, -0.25) is 4.79 Å². The monoisotopic (exact) mass is 235 g/mol. The molecule has 0 saturated carbocycles. The molecule has 1 aromatic rings. The van der Waals surface area contributed by atoms with E-state index < -0.39 is 0 Å². The summed E-state index contributed by atoms with van der Waals surface area (Å²) in [4.78, 5) is 11.1. The van der Waals surface area contributed by atoms with E-state index in [1.165, 1.54) is 5.56 Å². The molecule has 0 unspecified atom stereocenters. The second-order valence-electron chi connectivity index (χ2n) is 5.03. The average molecular weight is 235 g/mol. The molecule has 94 valence electrons. The van der Waals surface area contributed by atoms with E-state index in [9.17, 15) is 4.79 Å². The van der Waals surface area contributed by atoms with Crippen molar-refractivity contribution in [3.05, 3.63) is 35.9 Å².